The number of hydrogen-bond donors (Lipinski definition) is 3. The molecule has 0 spiro atoms. The number of fused-ring (bicyclic) bond motifs is 1. The maximum absolute atomic E-state index is 14.2. The largest absolute Gasteiger partial charge is 0.394 e. The topological polar surface area (TPSA) is 96.5 Å². The van der Waals surface area contributed by atoms with Crippen LogP contribution in [0.25, 0.3) is 10.9 Å². The molecule has 0 amide bonds. The molecule has 3 N–H and O–H groups in total. The molecule has 3 aromatic rings. The predicted octanol–water partition coefficient (Wildman–Crippen LogP) is 1.54. The van der Waals surface area contributed by atoms with E-state index in [1.807, 2.05) is 22.6 Å². The summed E-state index contributed by atoms with van der Waals surface area (Å²) in [5.41, 5.74) is -0.149. The predicted molar refractivity (Wildman–Crippen MR) is 109 cm³/mol. The monoisotopic (exact) mass is 485 g/mol. The summed E-state index contributed by atoms with van der Waals surface area (Å²) in [4.78, 5) is 25.2. The molecule has 2 heterocycles. The number of rotatable bonds is 5. The van der Waals surface area contributed by atoms with Crippen LogP contribution in [0.4, 0.5) is 15.8 Å². The Morgan fingerprint density at radius 2 is 1.96 bits per heavy atom. The molecule has 0 radical (unpaired) electrons. The van der Waals surface area contributed by atoms with Crippen molar-refractivity contribution in [2.24, 2.45) is 7.05 Å². The van der Waals surface area contributed by atoms with Crippen molar-refractivity contribution in [2.75, 3.05) is 11.9 Å². The third kappa shape index (κ3) is 3.89. The fourth-order valence-corrected chi connectivity index (χ4v) is 3.22. The first-order valence-corrected chi connectivity index (χ1v) is 9.14. The van der Waals surface area contributed by atoms with Crippen LogP contribution < -0.4 is 16.4 Å². The molecule has 3 rings (SSSR count). The number of halogens is 2. The first-order valence-electron chi connectivity index (χ1n) is 8.06. The summed E-state index contributed by atoms with van der Waals surface area (Å²) < 4.78 is 17.5. The fraction of sp³-hybridized carbons (Fsp3) is 0.222. The minimum absolute atomic E-state index is 0.106. The van der Waals surface area contributed by atoms with E-state index in [0.29, 0.717) is 9.09 Å². The molecule has 0 unspecified atom stereocenters. The Kier molecular flexibility index (Phi) is 5.63. The summed E-state index contributed by atoms with van der Waals surface area (Å²) in [5, 5.41) is 21.7. The van der Waals surface area contributed by atoms with Gasteiger partial charge >= 0.3 is 0 Å². The highest BCUT2D eigenvalue weighted by Gasteiger charge is 2.15. The number of aliphatic hydroxyl groups is 2. The van der Waals surface area contributed by atoms with Crippen molar-refractivity contribution in [1.29, 1.82) is 0 Å². The van der Waals surface area contributed by atoms with Gasteiger partial charge in [-0.25, -0.2) is 4.39 Å². The van der Waals surface area contributed by atoms with Gasteiger partial charge in [0.2, 0.25) is 0 Å². The molecular weight excluding hydrogens is 468 g/mol. The van der Waals surface area contributed by atoms with Crippen LogP contribution in [-0.2, 0) is 13.6 Å². The van der Waals surface area contributed by atoms with Crippen LogP contribution in [0.1, 0.15) is 0 Å². The number of nitrogens with one attached hydrogen (secondary N) is 1. The highest BCUT2D eigenvalue weighted by Crippen LogP contribution is 2.25. The van der Waals surface area contributed by atoms with Gasteiger partial charge < -0.3 is 24.7 Å². The summed E-state index contributed by atoms with van der Waals surface area (Å²) in [5.74, 6) is -0.511. The van der Waals surface area contributed by atoms with Gasteiger partial charge in [-0.15, -0.1) is 0 Å². The number of benzene rings is 1. The second-order valence-corrected chi connectivity index (χ2v) is 7.32. The molecular formula is C18H17FIN3O4. The molecule has 1 atom stereocenters. The fourth-order valence-electron chi connectivity index (χ4n) is 2.77. The summed E-state index contributed by atoms with van der Waals surface area (Å²) in [6, 6.07) is 7.36. The Balaban J connectivity index is 2.21. The number of pyridine rings is 2. The lowest BCUT2D eigenvalue weighted by Crippen LogP contribution is -2.30. The molecule has 142 valence electrons. The van der Waals surface area contributed by atoms with Gasteiger partial charge in [0.25, 0.3) is 11.1 Å². The van der Waals surface area contributed by atoms with Crippen LogP contribution in [0.5, 0.6) is 0 Å². The van der Waals surface area contributed by atoms with Gasteiger partial charge in [-0.05, 0) is 46.9 Å². The van der Waals surface area contributed by atoms with Gasteiger partial charge in [-0.2, -0.15) is 0 Å². The molecule has 0 bridgehead atoms. The second-order valence-electron chi connectivity index (χ2n) is 6.07. The van der Waals surface area contributed by atoms with Crippen molar-refractivity contribution in [1.82, 2.24) is 9.13 Å². The highest BCUT2D eigenvalue weighted by atomic mass is 127. The van der Waals surface area contributed by atoms with E-state index < -0.39 is 24.1 Å². The molecule has 1 aromatic carbocycles. The zero-order valence-electron chi connectivity index (χ0n) is 14.3. The van der Waals surface area contributed by atoms with Crippen LogP contribution in [0.3, 0.4) is 0 Å². The standard InChI is InChI=1S/C18H17FIN3O4/c1-22-15-4-5-23(8-11(25)9-24)18(27)17(15)14(7-16(22)26)21-13-3-2-10(20)6-12(13)19/h2-7,11,21,24-25H,8-9H2,1H3/t11-/m0/s1. The lowest BCUT2D eigenvalue weighted by atomic mass is 10.2. The van der Waals surface area contributed by atoms with Crippen LogP contribution in [0.15, 0.2) is 46.1 Å². The Morgan fingerprint density at radius 3 is 2.63 bits per heavy atom. The van der Waals surface area contributed by atoms with E-state index in [9.17, 15) is 19.1 Å². The minimum atomic E-state index is -1.10. The average molecular weight is 485 g/mol. The maximum Gasteiger partial charge on any atom is 0.262 e. The normalized spacial score (nSPS) is 12.3. The summed E-state index contributed by atoms with van der Waals surface area (Å²) in [6.07, 6.45) is 0.343. The molecule has 0 aliphatic carbocycles. The van der Waals surface area contributed by atoms with Gasteiger partial charge in [0.05, 0.1) is 41.5 Å². The third-order valence-electron chi connectivity index (χ3n) is 4.19. The third-order valence-corrected chi connectivity index (χ3v) is 4.86. The quantitative estimate of drug-likeness (QED) is 0.477. The summed E-state index contributed by atoms with van der Waals surface area (Å²) >= 11 is 1.98. The van der Waals surface area contributed by atoms with Gasteiger partial charge in [0, 0.05) is 22.9 Å². The lowest BCUT2D eigenvalue weighted by Gasteiger charge is -2.15. The van der Waals surface area contributed by atoms with E-state index in [1.54, 1.807) is 12.1 Å². The van der Waals surface area contributed by atoms with Gasteiger partial charge in [0.1, 0.15) is 5.82 Å². The van der Waals surface area contributed by atoms with Crippen molar-refractivity contribution >= 4 is 44.9 Å². The zero-order chi connectivity index (χ0) is 19.7. The van der Waals surface area contributed by atoms with Crippen molar-refractivity contribution in [2.45, 2.75) is 12.6 Å². The maximum atomic E-state index is 14.2. The lowest BCUT2D eigenvalue weighted by molar-refractivity contribution is 0.0805. The molecule has 0 aliphatic rings. The first kappa shape index (κ1) is 19.5. The van der Waals surface area contributed by atoms with Crippen LogP contribution in [-0.4, -0.2) is 32.1 Å². The summed E-state index contributed by atoms with van der Waals surface area (Å²) in [7, 11) is 1.53. The van der Waals surface area contributed by atoms with Crippen molar-refractivity contribution in [3.63, 3.8) is 0 Å². The number of anilines is 2. The summed E-state index contributed by atoms with van der Waals surface area (Å²) in [6.45, 7) is -0.595. The first-order chi connectivity index (χ1) is 12.8. The number of aliphatic hydroxyl groups excluding tert-OH is 2. The number of aryl methyl sites for hydroxylation is 1. The minimum Gasteiger partial charge on any atom is -0.394 e. The van der Waals surface area contributed by atoms with Crippen LogP contribution in [0, 0.1) is 9.39 Å². The molecule has 2 aromatic heterocycles. The van der Waals surface area contributed by atoms with Crippen LogP contribution in [0.2, 0.25) is 0 Å². The molecule has 0 saturated carbocycles. The van der Waals surface area contributed by atoms with Gasteiger partial charge in [-0.1, -0.05) is 0 Å². The van der Waals surface area contributed by atoms with Crippen LogP contribution >= 0.6 is 22.6 Å². The van der Waals surface area contributed by atoms with Crippen molar-refractivity contribution in [3.8, 4) is 0 Å². The average Bonchev–Trinajstić information content (AvgIpc) is 2.63. The Bertz CT molecular complexity index is 1130. The molecule has 0 saturated heterocycles. The molecule has 0 fully saturated rings. The molecule has 7 nitrogen and oxygen atoms in total. The van der Waals surface area contributed by atoms with Gasteiger partial charge in [0.15, 0.2) is 0 Å². The van der Waals surface area contributed by atoms with E-state index in [1.165, 1.54) is 40.6 Å². The van der Waals surface area contributed by atoms with E-state index in [-0.39, 0.29) is 28.9 Å². The second kappa shape index (κ2) is 7.79. The van der Waals surface area contributed by atoms with Gasteiger partial charge in [-0.3, -0.25) is 9.59 Å². The smallest absolute Gasteiger partial charge is 0.262 e. The zero-order valence-corrected chi connectivity index (χ0v) is 16.5. The van der Waals surface area contributed by atoms with Crippen molar-refractivity contribution in [3.05, 3.63) is 66.6 Å². The Labute approximate surface area is 166 Å². The highest BCUT2D eigenvalue weighted by molar-refractivity contribution is 14.1. The number of nitrogens with zero attached hydrogens (tertiary/aromatic N) is 2. The van der Waals surface area contributed by atoms with E-state index in [2.05, 4.69) is 5.32 Å². The SMILES string of the molecule is Cn1c(=O)cc(Nc2ccc(I)cc2F)c2c(=O)n(C[C@H](O)CO)ccc21. The molecule has 27 heavy (non-hydrogen) atoms. The molecule has 0 aliphatic heterocycles. The Morgan fingerprint density at radius 1 is 1.22 bits per heavy atom. The number of aromatic nitrogens is 2. The molecule has 9 heteroatoms. The Hall–Kier alpha value is -2.24. The van der Waals surface area contributed by atoms with E-state index in [0.717, 1.165) is 0 Å². The van der Waals surface area contributed by atoms with E-state index >= 15 is 0 Å². The van der Waals surface area contributed by atoms with Crippen molar-refractivity contribution < 1.29 is 14.6 Å². The number of hydrogen-bond acceptors (Lipinski definition) is 5. The van der Waals surface area contributed by atoms with E-state index in [4.69, 9.17) is 5.11 Å².